The fourth-order valence-electron chi connectivity index (χ4n) is 3.44. The van der Waals surface area contributed by atoms with Crippen molar-refractivity contribution in [3.8, 4) is 0 Å². The number of hydrogen-bond donors (Lipinski definition) is 0. The zero-order chi connectivity index (χ0) is 22.1. The molecule has 1 fully saturated rings. The quantitative estimate of drug-likeness (QED) is 0.560. The monoisotopic (exact) mass is 449 g/mol. The van der Waals surface area contributed by atoms with Crippen molar-refractivity contribution in [1.29, 1.82) is 0 Å². The highest BCUT2D eigenvalue weighted by atomic mass is 35.5. The normalized spacial score (nSPS) is 18.3. The van der Waals surface area contributed by atoms with Gasteiger partial charge in [-0.2, -0.15) is 0 Å². The Kier molecular flexibility index (Phi) is 4.86. The van der Waals surface area contributed by atoms with Crippen LogP contribution in [0.25, 0.3) is 10.9 Å². The number of benzene rings is 2. The minimum atomic E-state index is -4.06. The van der Waals surface area contributed by atoms with E-state index in [1.54, 1.807) is 12.1 Å². The molecule has 4 rings (SSSR count). The Morgan fingerprint density at radius 2 is 1.60 bits per heavy atom. The largest absolute Gasteiger partial charge is 0.497 e. The molecule has 1 saturated heterocycles. The number of aromatic nitrogens is 1. The molecule has 158 valence electrons. The van der Waals surface area contributed by atoms with Gasteiger partial charge >= 0.3 is 7.12 Å². The van der Waals surface area contributed by atoms with E-state index in [4.69, 9.17) is 20.9 Å². The second-order valence-corrected chi connectivity index (χ2v) is 10.8. The molecule has 0 N–H and O–H groups in total. The maximum Gasteiger partial charge on any atom is 0.497 e. The summed E-state index contributed by atoms with van der Waals surface area (Å²) in [6.45, 7) is 9.43. The first-order valence-electron chi connectivity index (χ1n) is 9.51. The van der Waals surface area contributed by atoms with Crippen LogP contribution in [0.4, 0.5) is 4.39 Å². The second-order valence-electron chi connectivity index (χ2n) is 8.57. The van der Waals surface area contributed by atoms with Crippen molar-refractivity contribution in [3.05, 3.63) is 59.0 Å². The number of halogens is 2. The van der Waals surface area contributed by atoms with Crippen molar-refractivity contribution in [1.82, 2.24) is 3.97 Å². The molecule has 1 aliphatic rings. The Bertz CT molecular complexity index is 1240. The smallest absolute Gasteiger partial charge is 0.399 e. The average molecular weight is 450 g/mol. The van der Waals surface area contributed by atoms with Gasteiger partial charge in [-0.25, -0.2) is 16.8 Å². The second kappa shape index (κ2) is 6.82. The molecule has 5 nitrogen and oxygen atoms in total. The molecule has 2 aromatic carbocycles. The maximum absolute atomic E-state index is 15.0. The Morgan fingerprint density at radius 1 is 1.03 bits per heavy atom. The minimum absolute atomic E-state index is 0.0554. The topological polar surface area (TPSA) is 57.5 Å². The van der Waals surface area contributed by atoms with Crippen molar-refractivity contribution in [3.63, 3.8) is 0 Å². The molecule has 0 radical (unpaired) electrons. The van der Waals surface area contributed by atoms with Gasteiger partial charge in [0.05, 0.1) is 21.6 Å². The molecular formula is C21H22BClFNO4S. The molecule has 30 heavy (non-hydrogen) atoms. The van der Waals surface area contributed by atoms with Crippen molar-refractivity contribution in [2.45, 2.75) is 50.7 Å². The van der Waals surface area contributed by atoms with Crippen LogP contribution in [0.15, 0.2) is 47.5 Å². The highest BCUT2D eigenvalue weighted by molar-refractivity contribution is 7.90. The first-order chi connectivity index (χ1) is 13.8. The van der Waals surface area contributed by atoms with Crippen LogP contribution in [0.5, 0.6) is 0 Å². The molecule has 0 atom stereocenters. The molecule has 3 aromatic rings. The summed E-state index contributed by atoms with van der Waals surface area (Å²) in [4.78, 5) is 0.0554. The van der Waals surface area contributed by atoms with Crippen LogP contribution in [-0.2, 0) is 19.3 Å². The molecule has 0 saturated carbocycles. The Balaban J connectivity index is 1.96. The van der Waals surface area contributed by atoms with Crippen molar-refractivity contribution >= 4 is 45.1 Å². The Morgan fingerprint density at radius 3 is 2.17 bits per heavy atom. The van der Waals surface area contributed by atoms with Crippen molar-refractivity contribution in [2.75, 3.05) is 0 Å². The molecular weight excluding hydrogens is 428 g/mol. The first-order valence-corrected chi connectivity index (χ1v) is 11.3. The Hall–Kier alpha value is -1.87. The fourth-order valence-corrected chi connectivity index (χ4v) is 5.03. The summed E-state index contributed by atoms with van der Waals surface area (Å²) in [6, 6.07) is 9.01. The van der Waals surface area contributed by atoms with E-state index in [2.05, 4.69) is 0 Å². The molecule has 2 heterocycles. The highest BCUT2D eigenvalue weighted by Crippen LogP contribution is 2.38. The molecule has 1 aromatic heterocycles. The van der Waals surface area contributed by atoms with Gasteiger partial charge in [0, 0.05) is 22.1 Å². The van der Waals surface area contributed by atoms with E-state index in [0.717, 1.165) is 15.6 Å². The summed E-state index contributed by atoms with van der Waals surface area (Å²) in [6.07, 6.45) is 1.36. The molecule has 0 amide bonds. The number of aryl methyl sites for hydroxylation is 1. The summed E-state index contributed by atoms with van der Waals surface area (Å²) >= 11 is 6.09. The zero-order valence-electron chi connectivity index (χ0n) is 17.4. The Labute approximate surface area is 180 Å². The highest BCUT2D eigenvalue weighted by Gasteiger charge is 2.52. The van der Waals surface area contributed by atoms with Crippen LogP contribution in [-0.4, -0.2) is 30.7 Å². The molecule has 9 heteroatoms. The van der Waals surface area contributed by atoms with Gasteiger partial charge < -0.3 is 9.31 Å². The van der Waals surface area contributed by atoms with Gasteiger partial charge in [0.25, 0.3) is 10.0 Å². The van der Waals surface area contributed by atoms with Crippen molar-refractivity contribution < 1.29 is 22.1 Å². The fraction of sp³-hybridized carbons (Fsp3) is 0.333. The number of hydrogen-bond acceptors (Lipinski definition) is 4. The van der Waals surface area contributed by atoms with Gasteiger partial charge in [-0.15, -0.1) is 0 Å². The van der Waals surface area contributed by atoms with Gasteiger partial charge in [-0.3, -0.25) is 0 Å². The van der Waals surface area contributed by atoms with Gasteiger partial charge in [0.2, 0.25) is 0 Å². The van der Waals surface area contributed by atoms with Crippen LogP contribution in [0, 0.1) is 12.7 Å². The lowest BCUT2D eigenvalue weighted by atomic mass is 9.79. The number of fused-ring (bicyclic) bond motifs is 1. The summed E-state index contributed by atoms with van der Waals surface area (Å²) in [5, 5.41) is 0.484. The van der Waals surface area contributed by atoms with Crippen LogP contribution < -0.4 is 5.46 Å². The molecule has 0 bridgehead atoms. The van der Waals surface area contributed by atoms with Gasteiger partial charge in [0.1, 0.15) is 5.82 Å². The summed E-state index contributed by atoms with van der Waals surface area (Å²) in [5.74, 6) is -0.740. The first kappa shape index (κ1) is 21.4. The maximum atomic E-state index is 15.0. The lowest BCUT2D eigenvalue weighted by Gasteiger charge is -2.32. The van der Waals surface area contributed by atoms with E-state index < -0.39 is 34.2 Å². The van der Waals surface area contributed by atoms with Gasteiger partial charge in [-0.1, -0.05) is 29.3 Å². The SMILES string of the molecule is Cc1ccc(S(=O)(=O)n2cc(B3OC(C)(C)C(C)(C)O3)c3cc(Cl)cc(F)c32)cc1. The van der Waals surface area contributed by atoms with Crippen molar-refractivity contribution in [2.24, 2.45) is 0 Å². The van der Waals surface area contributed by atoms with E-state index in [0.29, 0.717) is 10.8 Å². The summed E-state index contributed by atoms with van der Waals surface area (Å²) in [5.41, 5.74) is -0.0504. The van der Waals surface area contributed by atoms with Crippen LogP contribution >= 0.6 is 11.6 Å². The summed E-state index contributed by atoms with van der Waals surface area (Å²) < 4.78 is 54.8. The number of rotatable bonds is 3. The molecule has 0 spiro atoms. The van der Waals surface area contributed by atoms with Gasteiger partial charge in [0.15, 0.2) is 0 Å². The molecule has 1 aliphatic heterocycles. The zero-order valence-corrected chi connectivity index (χ0v) is 18.9. The average Bonchev–Trinajstić information content (AvgIpc) is 3.10. The number of nitrogens with zero attached hydrogens (tertiary/aromatic N) is 1. The van der Waals surface area contributed by atoms with E-state index in [1.807, 2.05) is 34.6 Å². The minimum Gasteiger partial charge on any atom is -0.399 e. The molecule has 0 aliphatic carbocycles. The predicted octanol–water partition coefficient (Wildman–Crippen LogP) is 4.28. The predicted molar refractivity (Wildman–Crippen MR) is 116 cm³/mol. The van der Waals surface area contributed by atoms with Crippen LogP contribution in [0.3, 0.4) is 0 Å². The lowest BCUT2D eigenvalue weighted by molar-refractivity contribution is 0.00578. The standard InChI is InChI=1S/C21H22BClFNO4S/c1-13-6-8-15(9-7-13)30(26,27)25-12-17(16-10-14(23)11-18(24)19(16)25)22-28-20(2,3)21(4,5)29-22/h6-12H,1-5H3. The third-order valence-electron chi connectivity index (χ3n) is 5.90. The van der Waals surface area contributed by atoms with E-state index in [-0.39, 0.29) is 15.4 Å². The van der Waals surface area contributed by atoms with E-state index in [9.17, 15) is 12.8 Å². The third kappa shape index (κ3) is 3.26. The molecule has 0 unspecified atom stereocenters. The van der Waals surface area contributed by atoms with Crippen LogP contribution in [0.2, 0.25) is 5.02 Å². The van der Waals surface area contributed by atoms with Crippen LogP contribution in [0.1, 0.15) is 33.3 Å². The van der Waals surface area contributed by atoms with E-state index >= 15 is 0 Å². The third-order valence-corrected chi connectivity index (χ3v) is 7.79. The summed E-state index contributed by atoms with van der Waals surface area (Å²) in [7, 11) is -4.93. The lowest BCUT2D eigenvalue weighted by Crippen LogP contribution is -2.41. The van der Waals surface area contributed by atoms with Gasteiger partial charge in [-0.05, 0) is 58.9 Å². The van der Waals surface area contributed by atoms with E-state index in [1.165, 1.54) is 24.4 Å².